The fourth-order valence-corrected chi connectivity index (χ4v) is 4.88. The van der Waals surface area contributed by atoms with Crippen molar-refractivity contribution in [3.63, 3.8) is 0 Å². The zero-order chi connectivity index (χ0) is 21.8. The normalized spacial score (nSPS) is 22.6. The van der Waals surface area contributed by atoms with E-state index >= 15 is 0 Å². The van der Waals surface area contributed by atoms with E-state index in [9.17, 15) is 9.90 Å². The summed E-state index contributed by atoms with van der Waals surface area (Å²) < 4.78 is 16.3. The van der Waals surface area contributed by atoms with E-state index in [1.165, 1.54) is 12.8 Å². The van der Waals surface area contributed by atoms with Gasteiger partial charge < -0.3 is 19.3 Å². The third-order valence-corrected chi connectivity index (χ3v) is 6.46. The van der Waals surface area contributed by atoms with Crippen molar-refractivity contribution in [3.05, 3.63) is 53.6 Å². The van der Waals surface area contributed by atoms with Gasteiger partial charge in [-0.25, -0.2) is 0 Å². The van der Waals surface area contributed by atoms with Crippen LogP contribution in [-0.2, 0) is 4.79 Å². The minimum atomic E-state index is -0.764. The molecule has 3 atom stereocenters. The van der Waals surface area contributed by atoms with Crippen LogP contribution in [0.5, 0.6) is 17.2 Å². The van der Waals surface area contributed by atoms with Gasteiger partial charge in [0.1, 0.15) is 5.75 Å². The molecule has 0 aliphatic carbocycles. The smallest absolute Gasteiger partial charge is 0.309 e. The largest absolute Gasteiger partial charge is 0.497 e. The van der Waals surface area contributed by atoms with Crippen molar-refractivity contribution in [2.75, 3.05) is 27.0 Å². The molecule has 1 fully saturated rings. The number of fused-ring (bicyclic) bond motifs is 1. The maximum absolute atomic E-state index is 12.5. The Morgan fingerprint density at radius 1 is 1.06 bits per heavy atom. The highest BCUT2D eigenvalue weighted by Gasteiger charge is 2.47. The molecule has 6 heteroatoms. The maximum atomic E-state index is 12.5. The fraction of sp³-hybridized carbons (Fsp3) is 0.480. The van der Waals surface area contributed by atoms with Crippen LogP contribution in [0.3, 0.4) is 0 Å². The SMILES string of the molecule is CCCCCCN1CC(c2ccc3c(c2)OCO3)[C@H](C(=O)O)[C@H]1c1ccc(OC)cc1. The van der Waals surface area contributed by atoms with E-state index in [2.05, 4.69) is 11.8 Å². The van der Waals surface area contributed by atoms with Crippen LogP contribution in [0.15, 0.2) is 42.5 Å². The van der Waals surface area contributed by atoms with Crippen LogP contribution in [0, 0.1) is 5.92 Å². The molecule has 0 radical (unpaired) electrons. The second kappa shape index (κ2) is 9.60. The summed E-state index contributed by atoms with van der Waals surface area (Å²) in [5.74, 6) is 0.765. The number of carbonyl (C=O) groups is 1. The van der Waals surface area contributed by atoms with E-state index < -0.39 is 11.9 Å². The predicted octanol–water partition coefficient (Wildman–Crippen LogP) is 4.85. The van der Waals surface area contributed by atoms with Gasteiger partial charge in [-0.3, -0.25) is 9.69 Å². The molecule has 2 aromatic rings. The number of benzene rings is 2. The molecule has 31 heavy (non-hydrogen) atoms. The summed E-state index contributed by atoms with van der Waals surface area (Å²) in [7, 11) is 1.64. The average molecular weight is 426 g/mol. The highest BCUT2D eigenvalue weighted by Crippen LogP contribution is 2.47. The number of methoxy groups -OCH3 is 1. The number of rotatable bonds is 9. The molecule has 166 valence electrons. The van der Waals surface area contributed by atoms with Gasteiger partial charge in [0.2, 0.25) is 6.79 Å². The minimum absolute atomic E-state index is 0.120. The molecular formula is C25H31NO5. The lowest BCUT2D eigenvalue weighted by molar-refractivity contribution is -0.143. The van der Waals surface area contributed by atoms with Gasteiger partial charge in [0.15, 0.2) is 11.5 Å². The van der Waals surface area contributed by atoms with Crippen LogP contribution in [-0.4, -0.2) is 43.0 Å². The Bertz CT molecular complexity index is 897. The molecule has 2 aliphatic heterocycles. The van der Waals surface area contributed by atoms with Crippen LogP contribution in [0.2, 0.25) is 0 Å². The number of carboxylic acid groups (broad SMARTS) is 1. The number of carboxylic acids is 1. The minimum Gasteiger partial charge on any atom is -0.497 e. The van der Waals surface area contributed by atoms with Crippen molar-refractivity contribution < 1.29 is 24.1 Å². The Hall–Kier alpha value is -2.73. The van der Waals surface area contributed by atoms with Gasteiger partial charge in [0, 0.05) is 18.5 Å². The fourth-order valence-electron chi connectivity index (χ4n) is 4.88. The molecule has 0 amide bonds. The Morgan fingerprint density at radius 2 is 1.81 bits per heavy atom. The van der Waals surface area contributed by atoms with E-state index in [1.807, 2.05) is 42.5 Å². The van der Waals surface area contributed by atoms with Crippen LogP contribution in [0.1, 0.15) is 55.7 Å². The molecule has 1 saturated heterocycles. The predicted molar refractivity (Wildman–Crippen MR) is 118 cm³/mol. The van der Waals surface area contributed by atoms with Crippen molar-refractivity contribution in [1.82, 2.24) is 4.90 Å². The molecule has 4 rings (SSSR count). The summed E-state index contributed by atoms with van der Waals surface area (Å²) in [6.07, 6.45) is 4.62. The summed E-state index contributed by atoms with van der Waals surface area (Å²) in [5.41, 5.74) is 2.01. The molecule has 2 heterocycles. The second-order valence-corrected chi connectivity index (χ2v) is 8.36. The van der Waals surface area contributed by atoms with Crippen molar-refractivity contribution in [3.8, 4) is 17.2 Å². The molecule has 1 unspecified atom stereocenters. The lowest BCUT2D eigenvalue weighted by atomic mass is 9.82. The summed E-state index contributed by atoms with van der Waals surface area (Å²) in [6, 6.07) is 13.5. The first-order valence-electron chi connectivity index (χ1n) is 11.1. The quantitative estimate of drug-likeness (QED) is 0.580. The number of nitrogens with zero attached hydrogens (tertiary/aromatic N) is 1. The average Bonchev–Trinajstić information content (AvgIpc) is 3.41. The molecule has 0 aromatic heterocycles. The van der Waals surface area contributed by atoms with Gasteiger partial charge >= 0.3 is 5.97 Å². The Balaban J connectivity index is 1.66. The van der Waals surface area contributed by atoms with E-state index in [-0.39, 0.29) is 18.8 Å². The molecular weight excluding hydrogens is 394 g/mol. The molecule has 1 N–H and O–H groups in total. The zero-order valence-corrected chi connectivity index (χ0v) is 18.3. The Morgan fingerprint density at radius 3 is 2.52 bits per heavy atom. The van der Waals surface area contributed by atoms with Crippen LogP contribution in [0.4, 0.5) is 0 Å². The van der Waals surface area contributed by atoms with Crippen molar-refractivity contribution in [2.24, 2.45) is 5.92 Å². The molecule has 2 aromatic carbocycles. The molecule has 0 saturated carbocycles. The van der Waals surface area contributed by atoms with Gasteiger partial charge in [0.05, 0.1) is 13.0 Å². The molecule has 0 spiro atoms. The topological polar surface area (TPSA) is 68.2 Å². The highest BCUT2D eigenvalue weighted by molar-refractivity contribution is 5.74. The molecule has 6 nitrogen and oxygen atoms in total. The number of hydrogen-bond donors (Lipinski definition) is 1. The van der Waals surface area contributed by atoms with Crippen molar-refractivity contribution in [1.29, 1.82) is 0 Å². The first-order valence-corrected chi connectivity index (χ1v) is 11.1. The summed E-state index contributed by atoms with van der Waals surface area (Å²) in [6.45, 7) is 4.01. The zero-order valence-electron chi connectivity index (χ0n) is 18.3. The van der Waals surface area contributed by atoms with Gasteiger partial charge in [-0.2, -0.15) is 0 Å². The van der Waals surface area contributed by atoms with Crippen LogP contribution >= 0.6 is 0 Å². The van der Waals surface area contributed by atoms with Crippen molar-refractivity contribution >= 4 is 5.97 Å². The monoisotopic (exact) mass is 425 g/mol. The lowest BCUT2D eigenvalue weighted by Crippen LogP contribution is -2.29. The summed E-state index contributed by atoms with van der Waals surface area (Å²) >= 11 is 0. The third-order valence-electron chi connectivity index (χ3n) is 6.46. The standard InChI is InChI=1S/C25H31NO5/c1-3-4-5-6-13-26-15-20(18-9-12-21-22(14-18)31-16-30-21)23(25(27)28)24(26)17-7-10-19(29-2)11-8-17/h7-12,14,20,23-24H,3-6,13,15-16H2,1-2H3,(H,27,28)/t20?,23-,24+/m0/s1. The van der Waals surface area contributed by atoms with Gasteiger partial charge in [0.25, 0.3) is 0 Å². The van der Waals surface area contributed by atoms with Gasteiger partial charge in [-0.15, -0.1) is 0 Å². The third kappa shape index (κ3) is 4.49. The van der Waals surface area contributed by atoms with E-state index in [4.69, 9.17) is 14.2 Å². The van der Waals surface area contributed by atoms with Gasteiger partial charge in [-0.1, -0.05) is 44.4 Å². The number of unbranched alkanes of at least 4 members (excludes halogenated alkanes) is 3. The second-order valence-electron chi connectivity index (χ2n) is 8.36. The van der Waals surface area contributed by atoms with Gasteiger partial charge in [-0.05, 0) is 48.4 Å². The van der Waals surface area contributed by atoms with E-state index in [1.54, 1.807) is 7.11 Å². The summed E-state index contributed by atoms with van der Waals surface area (Å²) in [5, 5.41) is 10.3. The Labute approximate surface area is 183 Å². The summed E-state index contributed by atoms with van der Waals surface area (Å²) in [4.78, 5) is 14.9. The first-order chi connectivity index (χ1) is 15.1. The highest BCUT2D eigenvalue weighted by atomic mass is 16.7. The van der Waals surface area contributed by atoms with Crippen LogP contribution < -0.4 is 14.2 Å². The van der Waals surface area contributed by atoms with E-state index in [0.29, 0.717) is 12.3 Å². The number of aliphatic carboxylic acids is 1. The maximum Gasteiger partial charge on any atom is 0.309 e. The first kappa shape index (κ1) is 21.5. The number of ether oxygens (including phenoxy) is 3. The van der Waals surface area contributed by atoms with Crippen molar-refractivity contribution in [2.45, 2.75) is 44.6 Å². The van der Waals surface area contributed by atoms with Crippen LogP contribution in [0.25, 0.3) is 0 Å². The Kier molecular flexibility index (Phi) is 6.66. The van der Waals surface area contributed by atoms with E-state index in [0.717, 1.165) is 42.0 Å². The molecule has 0 bridgehead atoms. The lowest BCUT2D eigenvalue weighted by Gasteiger charge is -2.27. The number of likely N-dealkylation sites (tertiary alicyclic amines) is 1. The molecule has 2 aliphatic rings. The number of hydrogen-bond acceptors (Lipinski definition) is 5.